The van der Waals surface area contributed by atoms with E-state index in [1.165, 1.54) is 10.8 Å². The van der Waals surface area contributed by atoms with Crippen molar-refractivity contribution in [3.05, 3.63) is 32.6 Å². The van der Waals surface area contributed by atoms with Crippen LogP contribution in [0.4, 0.5) is 0 Å². The second-order valence-electron chi connectivity index (χ2n) is 4.96. The average Bonchev–Trinajstić information content (AvgIpc) is 2.33. The first kappa shape index (κ1) is 13.0. The van der Waals surface area contributed by atoms with Gasteiger partial charge in [-0.2, -0.15) is 0 Å². The highest BCUT2D eigenvalue weighted by atomic mass is 16.3. The number of aryl methyl sites for hydroxylation is 1. The number of aromatic amines is 1. The van der Waals surface area contributed by atoms with Crippen molar-refractivity contribution in [2.24, 2.45) is 5.92 Å². The summed E-state index contributed by atoms with van der Waals surface area (Å²) < 4.78 is 1.48. The van der Waals surface area contributed by atoms with Gasteiger partial charge >= 0.3 is 5.69 Å². The van der Waals surface area contributed by atoms with Crippen molar-refractivity contribution in [3.63, 3.8) is 0 Å². The van der Waals surface area contributed by atoms with Crippen LogP contribution in [-0.2, 0) is 0 Å². The number of aliphatic hydroxyl groups excluding tert-OH is 2. The predicted molar refractivity (Wildman–Crippen MR) is 65.5 cm³/mol. The maximum atomic E-state index is 11.7. The maximum absolute atomic E-state index is 11.7. The summed E-state index contributed by atoms with van der Waals surface area (Å²) in [5, 5.41) is 18.9. The molecule has 0 aromatic carbocycles. The Kier molecular flexibility index (Phi) is 3.68. The molecule has 0 radical (unpaired) electrons. The number of H-pyrrole nitrogens is 1. The molecule has 1 aromatic rings. The number of aliphatic hydroxyl groups is 2. The number of nitrogens with zero attached hydrogens (tertiary/aromatic N) is 1. The maximum Gasteiger partial charge on any atom is 0.328 e. The molecule has 0 spiro atoms. The monoisotopic (exact) mass is 254 g/mol. The number of nitrogens with one attached hydrogen (secondary N) is 1. The molecule has 6 nitrogen and oxygen atoms in total. The van der Waals surface area contributed by atoms with Gasteiger partial charge in [-0.1, -0.05) is 0 Å². The molecule has 18 heavy (non-hydrogen) atoms. The fraction of sp³-hybridized carbons (Fsp3) is 0.667. The van der Waals surface area contributed by atoms with Gasteiger partial charge in [0.25, 0.3) is 5.56 Å². The van der Waals surface area contributed by atoms with Crippen LogP contribution >= 0.6 is 0 Å². The van der Waals surface area contributed by atoms with E-state index in [-0.39, 0.29) is 24.1 Å². The fourth-order valence-corrected chi connectivity index (χ4v) is 2.51. The van der Waals surface area contributed by atoms with Gasteiger partial charge in [-0.15, -0.1) is 0 Å². The Bertz CT molecular complexity index is 534. The smallest absolute Gasteiger partial charge is 0.328 e. The summed E-state index contributed by atoms with van der Waals surface area (Å²) in [4.78, 5) is 25.3. The van der Waals surface area contributed by atoms with Crippen molar-refractivity contribution < 1.29 is 10.2 Å². The third-order valence-electron chi connectivity index (χ3n) is 3.70. The van der Waals surface area contributed by atoms with Gasteiger partial charge in [-0.3, -0.25) is 14.3 Å². The Labute approximate surface area is 104 Å². The molecule has 1 fully saturated rings. The fourth-order valence-electron chi connectivity index (χ4n) is 2.51. The Hall–Kier alpha value is -1.40. The van der Waals surface area contributed by atoms with Gasteiger partial charge in [-0.05, 0) is 26.2 Å². The molecular formula is C12H18N2O4. The highest BCUT2D eigenvalue weighted by Gasteiger charge is 2.30. The Balaban J connectivity index is 2.26. The molecule has 3 atom stereocenters. The molecule has 100 valence electrons. The largest absolute Gasteiger partial charge is 0.396 e. The number of rotatable bonds is 2. The van der Waals surface area contributed by atoms with Crippen LogP contribution in [0.1, 0.15) is 30.9 Å². The normalized spacial score (nSPS) is 28.3. The van der Waals surface area contributed by atoms with Crippen LogP contribution in [0.3, 0.4) is 0 Å². The topological polar surface area (TPSA) is 95.3 Å². The van der Waals surface area contributed by atoms with E-state index in [0.717, 1.165) is 0 Å². The van der Waals surface area contributed by atoms with Crippen molar-refractivity contribution in [2.45, 2.75) is 38.3 Å². The quantitative estimate of drug-likeness (QED) is 0.665. The lowest BCUT2D eigenvalue weighted by Crippen LogP contribution is -2.39. The summed E-state index contributed by atoms with van der Waals surface area (Å²) in [5.41, 5.74) is -0.334. The molecule has 1 aliphatic carbocycles. The second-order valence-corrected chi connectivity index (χ2v) is 4.96. The molecule has 0 aliphatic heterocycles. The Morgan fingerprint density at radius 3 is 2.78 bits per heavy atom. The lowest BCUT2D eigenvalue weighted by atomic mass is 9.84. The van der Waals surface area contributed by atoms with Crippen LogP contribution < -0.4 is 11.2 Å². The third-order valence-corrected chi connectivity index (χ3v) is 3.70. The van der Waals surface area contributed by atoms with Gasteiger partial charge < -0.3 is 10.2 Å². The zero-order valence-electron chi connectivity index (χ0n) is 10.3. The number of hydrogen-bond donors (Lipinski definition) is 3. The lowest BCUT2D eigenvalue weighted by molar-refractivity contribution is 0.0175. The van der Waals surface area contributed by atoms with E-state index < -0.39 is 11.8 Å². The summed E-state index contributed by atoms with van der Waals surface area (Å²) in [6.45, 7) is 1.61. The Morgan fingerprint density at radius 2 is 2.17 bits per heavy atom. The van der Waals surface area contributed by atoms with E-state index >= 15 is 0 Å². The molecule has 0 unspecified atom stereocenters. The first-order valence-electron chi connectivity index (χ1n) is 6.14. The van der Waals surface area contributed by atoms with Crippen LogP contribution in [-0.4, -0.2) is 32.5 Å². The number of aromatic nitrogens is 2. The third kappa shape index (κ3) is 2.39. The van der Waals surface area contributed by atoms with Crippen molar-refractivity contribution >= 4 is 0 Å². The molecule has 3 N–H and O–H groups in total. The summed E-state index contributed by atoms with van der Waals surface area (Å²) >= 11 is 0. The van der Waals surface area contributed by atoms with Crippen LogP contribution in [0.15, 0.2) is 15.8 Å². The zero-order chi connectivity index (χ0) is 13.3. The van der Waals surface area contributed by atoms with Gasteiger partial charge in [0, 0.05) is 30.3 Å². The van der Waals surface area contributed by atoms with E-state index in [9.17, 15) is 14.7 Å². The lowest BCUT2D eigenvalue weighted by Gasteiger charge is -2.32. The van der Waals surface area contributed by atoms with E-state index in [2.05, 4.69) is 4.98 Å². The average molecular weight is 254 g/mol. The Morgan fingerprint density at radius 1 is 1.44 bits per heavy atom. The molecule has 2 rings (SSSR count). The zero-order valence-corrected chi connectivity index (χ0v) is 10.3. The molecule has 0 amide bonds. The molecular weight excluding hydrogens is 236 g/mol. The summed E-state index contributed by atoms with van der Waals surface area (Å²) in [7, 11) is 0. The minimum Gasteiger partial charge on any atom is -0.396 e. The minimum absolute atomic E-state index is 0.0343. The van der Waals surface area contributed by atoms with Gasteiger partial charge in [0.2, 0.25) is 0 Å². The standard InChI is InChI=1S/C12H18N2O4/c1-7-5-14(12(18)13-11(7)17)9-3-2-8(6-15)10(16)4-9/h5,8-10,15-16H,2-4,6H2,1H3,(H,13,17,18)/t8-,9-,10+/m1/s1. The van der Waals surface area contributed by atoms with Crippen LogP contribution in [0.25, 0.3) is 0 Å². The summed E-state index contributed by atoms with van der Waals surface area (Å²) in [5.74, 6) is -0.110. The molecule has 1 heterocycles. The molecule has 1 saturated carbocycles. The van der Waals surface area contributed by atoms with Crippen LogP contribution in [0, 0.1) is 12.8 Å². The summed E-state index contributed by atoms with van der Waals surface area (Å²) in [6, 6.07) is -0.120. The van der Waals surface area contributed by atoms with Crippen molar-refractivity contribution in [1.29, 1.82) is 0 Å². The van der Waals surface area contributed by atoms with Crippen molar-refractivity contribution in [3.8, 4) is 0 Å². The van der Waals surface area contributed by atoms with Gasteiger partial charge in [0.1, 0.15) is 0 Å². The first-order chi connectivity index (χ1) is 8.52. The molecule has 6 heteroatoms. The minimum atomic E-state index is -0.604. The SMILES string of the molecule is Cc1cn([C@@H]2CC[C@H](CO)[C@@H](O)C2)c(=O)[nH]c1=O. The van der Waals surface area contributed by atoms with Crippen molar-refractivity contribution in [1.82, 2.24) is 9.55 Å². The molecule has 1 aliphatic rings. The highest BCUT2D eigenvalue weighted by molar-refractivity contribution is 5.02. The van der Waals surface area contributed by atoms with E-state index in [1.807, 2.05) is 0 Å². The molecule has 1 aromatic heterocycles. The second kappa shape index (κ2) is 5.07. The summed E-state index contributed by atoms with van der Waals surface area (Å²) in [6.07, 6.45) is 2.75. The van der Waals surface area contributed by atoms with Gasteiger partial charge in [0.15, 0.2) is 0 Å². The van der Waals surface area contributed by atoms with E-state index in [0.29, 0.717) is 24.8 Å². The highest BCUT2D eigenvalue weighted by Crippen LogP contribution is 2.31. The van der Waals surface area contributed by atoms with Gasteiger partial charge in [-0.25, -0.2) is 4.79 Å². The van der Waals surface area contributed by atoms with Gasteiger partial charge in [0.05, 0.1) is 6.10 Å². The molecule has 0 bridgehead atoms. The van der Waals surface area contributed by atoms with E-state index in [1.54, 1.807) is 6.92 Å². The first-order valence-corrected chi connectivity index (χ1v) is 6.14. The molecule has 0 saturated heterocycles. The van der Waals surface area contributed by atoms with Crippen LogP contribution in [0.2, 0.25) is 0 Å². The number of hydrogen-bond acceptors (Lipinski definition) is 4. The van der Waals surface area contributed by atoms with Crippen LogP contribution in [0.5, 0.6) is 0 Å². The van der Waals surface area contributed by atoms with Crippen molar-refractivity contribution in [2.75, 3.05) is 6.61 Å². The van der Waals surface area contributed by atoms with E-state index in [4.69, 9.17) is 5.11 Å². The predicted octanol–water partition coefficient (Wildman–Crippen LogP) is -0.461.